The SMILES string of the molecule is O[C@@H]1CCC[C@H]1Nc1ccccc1F. The van der Waals surface area contributed by atoms with Gasteiger partial charge < -0.3 is 10.4 Å². The summed E-state index contributed by atoms with van der Waals surface area (Å²) in [5.41, 5.74) is 0.485. The Labute approximate surface area is 82.8 Å². The lowest BCUT2D eigenvalue weighted by atomic mass is 10.2. The van der Waals surface area contributed by atoms with Crippen LogP contribution >= 0.6 is 0 Å². The van der Waals surface area contributed by atoms with E-state index in [1.54, 1.807) is 18.2 Å². The van der Waals surface area contributed by atoms with Crippen molar-refractivity contribution in [3.63, 3.8) is 0 Å². The van der Waals surface area contributed by atoms with E-state index in [1.165, 1.54) is 6.07 Å². The highest BCUT2D eigenvalue weighted by Crippen LogP contribution is 2.24. The Kier molecular flexibility index (Phi) is 2.68. The van der Waals surface area contributed by atoms with Crippen LogP contribution in [0.1, 0.15) is 19.3 Å². The molecule has 0 radical (unpaired) electrons. The molecule has 1 aliphatic rings. The van der Waals surface area contributed by atoms with Gasteiger partial charge in [0.2, 0.25) is 0 Å². The average molecular weight is 195 g/mol. The van der Waals surface area contributed by atoms with Crippen molar-refractivity contribution < 1.29 is 9.50 Å². The van der Waals surface area contributed by atoms with Gasteiger partial charge in [-0.2, -0.15) is 0 Å². The molecular formula is C11H14FNO. The van der Waals surface area contributed by atoms with Gasteiger partial charge in [0.1, 0.15) is 5.82 Å². The highest BCUT2D eigenvalue weighted by atomic mass is 19.1. The molecule has 14 heavy (non-hydrogen) atoms. The molecule has 2 rings (SSSR count). The summed E-state index contributed by atoms with van der Waals surface area (Å²) in [6.07, 6.45) is 2.39. The molecule has 0 spiro atoms. The zero-order valence-corrected chi connectivity index (χ0v) is 7.91. The summed E-state index contributed by atoms with van der Waals surface area (Å²) >= 11 is 0. The third kappa shape index (κ3) is 1.87. The van der Waals surface area contributed by atoms with Crippen molar-refractivity contribution in [2.24, 2.45) is 0 Å². The van der Waals surface area contributed by atoms with E-state index < -0.39 is 0 Å². The number of halogens is 1. The van der Waals surface area contributed by atoms with Gasteiger partial charge in [-0.25, -0.2) is 4.39 Å². The first-order valence-electron chi connectivity index (χ1n) is 4.96. The van der Waals surface area contributed by atoms with Gasteiger partial charge in [0.05, 0.1) is 17.8 Å². The van der Waals surface area contributed by atoms with Gasteiger partial charge in [-0.05, 0) is 31.4 Å². The summed E-state index contributed by atoms with van der Waals surface area (Å²) in [6, 6.07) is 6.56. The van der Waals surface area contributed by atoms with E-state index in [2.05, 4.69) is 5.32 Å². The summed E-state index contributed by atoms with van der Waals surface area (Å²) in [4.78, 5) is 0. The van der Waals surface area contributed by atoms with Gasteiger partial charge in [-0.15, -0.1) is 0 Å². The largest absolute Gasteiger partial charge is 0.391 e. The Morgan fingerprint density at radius 3 is 2.71 bits per heavy atom. The predicted molar refractivity (Wildman–Crippen MR) is 53.7 cm³/mol. The van der Waals surface area contributed by atoms with Crippen LogP contribution in [0.15, 0.2) is 24.3 Å². The van der Waals surface area contributed by atoms with Crippen molar-refractivity contribution in [2.45, 2.75) is 31.4 Å². The van der Waals surface area contributed by atoms with Crippen LogP contribution in [-0.4, -0.2) is 17.3 Å². The van der Waals surface area contributed by atoms with Gasteiger partial charge in [0.25, 0.3) is 0 Å². The molecule has 0 aliphatic heterocycles. The quantitative estimate of drug-likeness (QED) is 0.757. The third-order valence-electron chi connectivity index (χ3n) is 2.69. The molecule has 0 heterocycles. The number of aliphatic hydroxyl groups excluding tert-OH is 1. The standard InChI is InChI=1S/C11H14FNO/c12-8-4-1-2-5-9(8)13-10-6-3-7-11(10)14/h1-2,4-5,10-11,13-14H,3,6-7H2/t10-,11-/m1/s1. The molecule has 0 aromatic heterocycles. The maximum absolute atomic E-state index is 13.2. The lowest BCUT2D eigenvalue weighted by Crippen LogP contribution is -2.28. The van der Waals surface area contributed by atoms with Crippen LogP contribution in [0.3, 0.4) is 0 Å². The Hall–Kier alpha value is -1.09. The van der Waals surface area contributed by atoms with Crippen LogP contribution < -0.4 is 5.32 Å². The second-order valence-electron chi connectivity index (χ2n) is 3.73. The third-order valence-corrected chi connectivity index (χ3v) is 2.69. The summed E-state index contributed by atoms with van der Waals surface area (Å²) < 4.78 is 13.2. The Morgan fingerprint density at radius 2 is 2.07 bits per heavy atom. The minimum absolute atomic E-state index is 0.00639. The molecular weight excluding hydrogens is 181 g/mol. The molecule has 1 fully saturated rings. The molecule has 3 heteroatoms. The van der Waals surface area contributed by atoms with E-state index >= 15 is 0 Å². The summed E-state index contributed by atoms with van der Waals surface area (Å²) in [7, 11) is 0. The first-order valence-corrected chi connectivity index (χ1v) is 4.96. The fourth-order valence-electron chi connectivity index (χ4n) is 1.89. The van der Waals surface area contributed by atoms with Crippen molar-refractivity contribution in [1.29, 1.82) is 0 Å². The van der Waals surface area contributed by atoms with Crippen LogP contribution in [0.2, 0.25) is 0 Å². The maximum Gasteiger partial charge on any atom is 0.146 e. The fraction of sp³-hybridized carbons (Fsp3) is 0.455. The second-order valence-corrected chi connectivity index (χ2v) is 3.73. The van der Waals surface area contributed by atoms with E-state index in [0.717, 1.165) is 19.3 Å². The monoisotopic (exact) mass is 195 g/mol. The van der Waals surface area contributed by atoms with Gasteiger partial charge >= 0.3 is 0 Å². The molecule has 0 saturated heterocycles. The molecule has 76 valence electrons. The molecule has 1 aromatic rings. The minimum atomic E-state index is -0.338. The molecule has 2 atom stereocenters. The van der Waals surface area contributed by atoms with E-state index in [1.807, 2.05) is 0 Å². The van der Waals surface area contributed by atoms with Gasteiger partial charge in [-0.1, -0.05) is 12.1 Å². The smallest absolute Gasteiger partial charge is 0.146 e. The van der Waals surface area contributed by atoms with E-state index in [0.29, 0.717) is 5.69 Å². The highest BCUT2D eigenvalue weighted by Gasteiger charge is 2.25. The molecule has 1 aromatic carbocycles. The van der Waals surface area contributed by atoms with Crippen LogP contribution in [0.25, 0.3) is 0 Å². The molecule has 0 amide bonds. The number of hydrogen-bond acceptors (Lipinski definition) is 2. The lowest BCUT2D eigenvalue weighted by Gasteiger charge is -2.17. The van der Waals surface area contributed by atoms with E-state index in [9.17, 15) is 9.50 Å². The summed E-state index contributed by atoms with van der Waals surface area (Å²) in [6.45, 7) is 0. The predicted octanol–water partition coefficient (Wildman–Crippen LogP) is 2.15. The minimum Gasteiger partial charge on any atom is -0.391 e. The van der Waals surface area contributed by atoms with E-state index in [-0.39, 0.29) is 18.0 Å². The number of anilines is 1. The molecule has 2 nitrogen and oxygen atoms in total. The summed E-state index contributed by atoms with van der Waals surface area (Å²) in [5, 5.41) is 12.6. The fourth-order valence-corrected chi connectivity index (χ4v) is 1.89. The van der Waals surface area contributed by atoms with Crippen LogP contribution in [-0.2, 0) is 0 Å². The van der Waals surface area contributed by atoms with E-state index in [4.69, 9.17) is 0 Å². The Morgan fingerprint density at radius 1 is 1.29 bits per heavy atom. The molecule has 1 saturated carbocycles. The first kappa shape index (κ1) is 9.46. The topological polar surface area (TPSA) is 32.3 Å². The highest BCUT2D eigenvalue weighted by molar-refractivity contribution is 5.45. The van der Waals surface area contributed by atoms with Crippen LogP contribution in [0.4, 0.5) is 10.1 Å². The lowest BCUT2D eigenvalue weighted by molar-refractivity contribution is 0.171. The van der Waals surface area contributed by atoms with Crippen LogP contribution in [0, 0.1) is 5.82 Å². The van der Waals surface area contributed by atoms with Crippen molar-refractivity contribution >= 4 is 5.69 Å². The number of hydrogen-bond donors (Lipinski definition) is 2. The number of benzene rings is 1. The number of aliphatic hydroxyl groups is 1. The van der Waals surface area contributed by atoms with Crippen molar-refractivity contribution in [3.05, 3.63) is 30.1 Å². The second kappa shape index (κ2) is 3.96. The van der Waals surface area contributed by atoms with Crippen molar-refractivity contribution in [3.8, 4) is 0 Å². The van der Waals surface area contributed by atoms with Crippen LogP contribution in [0.5, 0.6) is 0 Å². The normalized spacial score (nSPS) is 26.4. The van der Waals surface area contributed by atoms with Gasteiger partial charge in [-0.3, -0.25) is 0 Å². The number of para-hydroxylation sites is 1. The molecule has 0 unspecified atom stereocenters. The molecule has 1 aliphatic carbocycles. The Bertz CT molecular complexity index is 316. The number of rotatable bonds is 2. The Balaban J connectivity index is 2.07. The first-order chi connectivity index (χ1) is 6.77. The molecule has 0 bridgehead atoms. The number of nitrogens with one attached hydrogen (secondary N) is 1. The maximum atomic E-state index is 13.2. The average Bonchev–Trinajstić information content (AvgIpc) is 2.56. The summed E-state index contributed by atoms with van der Waals surface area (Å²) in [5.74, 6) is -0.258. The van der Waals surface area contributed by atoms with Crippen molar-refractivity contribution in [2.75, 3.05) is 5.32 Å². The zero-order chi connectivity index (χ0) is 9.97. The van der Waals surface area contributed by atoms with Gasteiger partial charge in [0, 0.05) is 0 Å². The van der Waals surface area contributed by atoms with Gasteiger partial charge in [0.15, 0.2) is 0 Å². The van der Waals surface area contributed by atoms with Crippen molar-refractivity contribution in [1.82, 2.24) is 0 Å². The zero-order valence-electron chi connectivity index (χ0n) is 7.91. The molecule has 2 N–H and O–H groups in total.